The summed E-state index contributed by atoms with van der Waals surface area (Å²) in [6.07, 6.45) is 1.76. The maximum Gasteiger partial charge on any atom is 0.235 e. The van der Waals surface area contributed by atoms with E-state index in [0.717, 1.165) is 25.9 Å². The SMILES string of the molecule is CN(C)[C@@H]1C(=O)C(C(N)=O)C(=O)[C@@]2(O)C(=O)C3C(=O)c4c(O)cc(CN5CCC(CO)CC5)c(Cl)c4C[C@H]3C[C@@H]12. The molecular weight excluding hydrogens is 542 g/mol. The average molecular weight is 576 g/mol. The number of benzene rings is 1. The van der Waals surface area contributed by atoms with E-state index in [1.54, 1.807) is 14.1 Å². The van der Waals surface area contributed by atoms with Crippen molar-refractivity contribution < 1.29 is 39.3 Å². The zero-order valence-electron chi connectivity index (χ0n) is 22.4. The number of amides is 1. The number of aliphatic hydroxyl groups excluding tert-OH is 1. The molecule has 0 bridgehead atoms. The third kappa shape index (κ3) is 4.21. The molecule has 4 aliphatic rings. The monoisotopic (exact) mass is 575 g/mol. The van der Waals surface area contributed by atoms with E-state index in [2.05, 4.69) is 4.90 Å². The number of hydrogen-bond acceptors (Lipinski definition) is 10. The van der Waals surface area contributed by atoms with Crippen LogP contribution in [0.3, 0.4) is 0 Å². The van der Waals surface area contributed by atoms with Crippen molar-refractivity contribution in [1.29, 1.82) is 0 Å². The van der Waals surface area contributed by atoms with Gasteiger partial charge in [0.25, 0.3) is 0 Å². The number of primary amides is 1. The highest BCUT2D eigenvalue weighted by Crippen LogP contribution is 2.51. The number of hydrogen-bond donors (Lipinski definition) is 4. The van der Waals surface area contributed by atoms with E-state index in [1.807, 2.05) is 0 Å². The van der Waals surface area contributed by atoms with Gasteiger partial charge in [0.05, 0.1) is 17.5 Å². The highest BCUT2D eigenvalue weighted by atomic mass is 35.5. The summed E-state index contributed by atoms with van der Waals surface area (Å²) in [5.74, 6) is -10.6. The molecule has 3 aliphatic carbocycles. The van der Waals surface area contributed by atoms with E-state index in [-0.39, 0.29) is 36.7 Å². The molecule has 5 rings (SSSR count). The molecule has 0 spiro atoms. The van der Waals surface area contributed by atoms with Crippen molar-refractivity contribution in [3.8, 4) is 5.75 Å². The maximum atomic E-state index is 13.9. The maximum absolute atomic E-state index is 13.9. The Hall–Kier alpha value is -2.70. The first kappa shape index (κ1) is 28.8. The minimum atomic E-state index is -2.75. The third-order valence-electron chi connectivity index (χ3n) is 9.43. The summed E-state index contributed by atoms with van der Waals surface area (Å²) < 4.78 is 0. The molecule has 0 aromatic heterocycles. The van der Waals surface area contributed by atoms with Crippen LogP contribution in [0.5, 0.6) is 5.75 Å². The second-order valence-electron chi connectivity index (χ2n) is 11.9. The van der Waals surface area contributed by atoms with E-state index in [1.165, 1.54) is 11.0 Å². The van der Waals surface area contributed by atoms with Crippen molar-refractivity contribution in [3.05, 3.63) is 27.8 Å². The topological polar surface area (TPSA) is 179 Å². The number of aliphatic hydroxyl groups is 2. The number of nitrogens with two attached hydrogens (primary N) is 1. The van der Waals surface area contributed by atoms with Crippen LogP contribution in [0, 0.1) is 29.6 Å². The van der Waals surface area contributed by atoms with Gasteiger partial charge in [0, 0.05) is 24.1 Å². The van der Waals surface area contributed by atoms with E-state index < -0.39 is 64.4 Å². The summed E-state index contributed by atoms with van der Waals surface area (Å²) in [6, 6.07) is 0.261. The number of likely N-dealkylation sites (tertiary alicyclic amines) is 1. The van der Waals surface area contributed by atoms with Crippen LogP contribution in [0.2, 0.25) is 5.02 Å². The summed E-state index contributed by atoms with van der Waals surface area (Å²) in [4.78, 5) is 69.8. The summed E-state index contributed by atoms with van der Waals surface area (Å²) in [5, 5.41) is 32.3. The van der Waals surface area contributed by atoms with Gasteiger partial charge in [-0.25, -0.2) is 0 Å². The lowest BCUT2D eigenvalue weighted by molar-refractivity contribution is -0.181. The van der Waals surface area contributed by atoms with Crippen LogP contribution in [0.4, 0.5) is 0 Å². The molecule has 1 saturated heterocycles. The molecule has 11 nitrogen and oxygen atoms in total. The minimum absolute atomic E-state index is 0.0279. The van der Waals surface area contributed by atoms with E-state index in [0.29, 0.717) is 22.7 Å². The van der Waals surface area contributed by atoms with E-state index in [9.17, 15) is 39.3 Å². The molecule has 1 aromatic rings. The number of aromatic hydroxyl groups is 1. The molecule has 6 atom stereocenters. The first-order valence-electron chi connectivity index (χ1n) is 13.5. The van der Waals surface area contributed by atoms with Crippen molar-refractivity contribution in [2.45, 2.75) is 43.9 Å². The molecule has 12 heteroatoms. The number of Topliss-reactive ketones (excluding diaryl/α,β-unsaturated/α-hetero) is 4. The minimum Gasteiger partial charge on any atom is -0.507 e. The zero-order valence-corrected chi connectivity index (χ0v) is 23.2. The van der Waals surface area contributed by atoms with Gasteiger partial charge in [-0.2, -0.15) is 0 Å². The van der Waals surface area contributed by atoms with Crippen molar-refractivity contribution in [3.63, 3.8) is 0 Å². The molecule has 2 saturated carbocycles. The molecule has 216 valence electrons. The van der Waals surface area contributed by atoms with Crippen molar-refractivity contribution in [1.82, 2.24) is 9.80 Å². The smallest absolute Gasteiger partial charge is 0.235 e. The van der Waals surface area contributed by atoms with Crippen molar-refractivity contribution in [2.75, 3.05) is 33.8 Å². The normalized spacial score (nSPS) is 33.1. The number of nitrogens with zero attached hydrogens (tertiary/aromatic N) is 2. The molecule has 1 heterocycles. The van der Waals surface area contributed by atoms with Crippen molar-refractivity contribution >= 4 is 40.6 Å². The number of piperidine rings is 1. The van der Waals surface area contributed by atoms with Gasteiger partial charge >= 0.3 is 0 Å². The second kappa shape index (κ2) is 10.3. The number of fused-ring (bicyclic) bond motifs is 3. The van der Waals surface area contributed by atoms with Crippen LogP contribution < -0.4 is 5.73 Å². The van der Waals surface area contributed by atoms with Crippen LogP contribution in [-0.2, 0) is 32.1 Å². The lowest BCUT2D eigenvalue weighted by Gasteiger charge is -2.52. The summed E-state index contributed by atoms with van der Waals surface area (Å²) >= 11 is 6.82. The standard InChI is InChI=1S/C28H34ClN3O8/c1-31(2)22-16-8-13-7-15-19(17(34)9-14(21(15)29)10-32-5-3-12(11-33)4-6-32)23(35)18(13)25(37)28(16,40)26(38)20(24(22)36)27(30)39/h9,12-13,16,18,20,22,33-34,40H,3-8,10-11H2,1-2H3,(H2,30,39)/t13-,16-,18?,20?,22-,28-/m0/s1. The highest BCUT2D eigenvalue weighted by molar-refractivity contribution is 6.34. The molecule has 0 radical (unpaired) electrons. The van der Waals surface area contributed by atoms with Crippen LogP contribution in [0.1, 0.15) is 40.7 Å². The number of likely N-dealkylation sites (N-methyl/N-ethyl adjacent to an activating group) is 1. The number of ketones is 4. The van der Waals surface area contributed by atoms with Gasteiger partial charge in [-0.05, 0) is 81.9 Å². The third-order valence-corrected chi connectivity index (χ3v) is 9.90. The lowest BCUT2D eigenvalue weighted by atomic mass is 9.52. The summed E-state index contributed by atoms with van der Waals surface area (Å²) in [5.41, 5.74) is 3.50. The predicted molar refractivity (Wildman–Crippen MR) is 141 cm³/mol. The summed E-state index contributed by atoms with van der Waals surface area (Å²) in [6.45, 7) is 2.07. The Bertz CT molecular complexity index is 1310. The highest BCUT2D eigenvalue weighted by Gasteiger charge is 2.69. The van der Waals surface area contributed by atoms with Gasteiger partial charge in [-0.3, -0.25) is 33.8 Å². The molecule has 2 unspecified atom stereocenters. The van der Waals surface area contributed by atoms with E-state index >= 15 is 0 Å². The quantitative estimate of drug-likeness (QED) is 0.341. The molecule has 40 heavy (non-hydrogen) atoms. The Balaban J connectivity index is 1.52. The molecular formula is C28H34ClN3O8. The Morgan fingerprint density at radius 3 is 2.40 bits per heavy atom. The number of carbonyl (C=O) groups excluding carboxylic acids is 5. The molecule has 5 N–H and O–H groups in total. The average Bonchev–Trinajstić information content (AvgIpc) is 2.89. The number of phenolic OH excluding ortho intramolecular Hbond substituents is 1. The fourth-order valence-electron chi connectivity index (χ4n) is 7.39. The largest absolute Gasteiger partial charge is 0.507 e. The van der Waals surface area contributed by atoms with Gasteiger partial charge < -0.3 is 21.1 Å². The number of phenols is 1. The lowest BCUT2D eigenvalue weighted by Crippen LogP contribution is -2.74. The molecule has 1 aliphatic heterocycles. The van der Waals surface area contributed by atoms with E-state index in [4.69, 9.17) is 17.3 Å². The zero-order chi connectivity index (χ0) is 29.3. The van der Waals surface area contributed by atoms with Gasteiger partial charge in [-0.15, -0.1) is 0 Å². The van der Waals surface area contributed by atoms with Crippen LogP contribution in [0.15, 0.2) is 6.07 Å². The first-order valence-corrected chi connectivity index (χ1v) is 13.9. The number of halogens is 1. The fourth-order valence-corrected chi connectivity index (χ4v) is 7.68. The van der Waals surface area contributed by atoms with Gasteiger partial charge in [0.15, 0.2) is 34.7 Å². The van der Waals surface area contributed by atoms with Gasteiger partial charge in [0.1, 0.15) is 5.75 Å². The van der Waals surface area contributed by atoms with Crippen LogP contribution >= 0.6 is 11.6 Å². The Labute approximate surface area is 236 Å². The Kier molecular flexibility index (Phi) is 7.41. The van der Waals surface area contributed by atoms with Crippen LogP contribution in [0.25, 0.3) is 0 Å². The molecule has 1 amide bonds. The van der Waals surface area contributed by atoms with Gasteiger partial charge in [-0.1, -0.05) is 11.6 Å². The van der Waals surface area contributed by atoms with Gasteiger partial charge in [0.2, 0.25) is 5.91 Å². The predicted octanol–water partition coefficient (Wildman–Crippen LogP) is -0.275. The number of rotatable bonds is 5. The second-order valence-corrected chi connectivity index (χ2v) is 12.3. The Morgan fingerprint density at radius 1 is 1.18 bits per heavy atom. The fraction of sp³-hybridized carbons (Fsp3) is 0.607. The number of carbonyl (C=O) groups is 5. The van der Waals surface area contributed by atoms with Crippen LogP contribution in [-0.4, -0.2) is 99.6 Å². The Morgan fingerprint density at radius 2 is 1.82 bits per heavy atom. The molecule has 3 fully saturated rings. The van der Waals surface area contributed by atoms with Crippen molar-refractivity contribution in [2.24, 2.45) is 35.3 Å². The first-order chi connectivity index (χ1) is 18.8. The summed E-state index contributed by atoms with van der Waals surface area (Å²) in [7, 11) is 3.08. The molecule has 1 aromatic carbocycles.